The Balaban J connectivity index is 0.00000300. The standard InChI is InChI=1S/C19H23F2N5OS.ClH/c1-5-26-12(2)9-15(23-26)18(27)25(8-6-7-24(3)4)19-22-17-14(21)10-13(20)11-16(17)28-19;/h9-11H,5-8H2,1-4H3;1H. The third-order valence-corrected chi connectivity index (χ3v) is 5.39. The predicted molar refractivity (Wildman–Crippen MR) is 114 cm³/mol. The van der Waals surface area contributed by atoms with Gasteiger partial charge in [-0.25, -0.2) is 13.8 Å². The highest BCUT2D eigenvalue weighted by Gasteiger charge is 2.24. The molecule has 0 atom stereocenters. The molecular formula is C19H24ClF2N5OS. The molecule has 0 bridgehead atoms. The average Bonchev–Trinajstić information content (AvgIpc) is 3.21. The van der Waals surface area contributed by atoms with Gasteiger partial charge in [0, 0.05) is 24.8 Å². The van der Waals surface area contributed by atoms with Crippen molar-refractivity contribution in [1.29, 1.82) is 0 Å². The van der Waals surface area contributed by atoms with Gasteiger partial charge in [-0.05, 0) is 53.0 Å². The van der Waals surface area contributed by atoms with Crippen molar-refractivity contribution >= 4 is 45.0 Å². The number of fused-ring (bicyclic) bond motifs is 1. The smallest absolute Gasteiger partial charge is 0.280 e. The molecule has 0 aliphatic carbocycles. The molecular weight excluding hydrogens is 420 g/mol. The number of nitrogens with zero attached hydrogens (tertiary/aromatic N) is 5. The number of carbonyl (C=O) groups is 1. The highest BCUT2D eigenvalue weighted by atomic mass is 35.5. The fraction of sp³-hybridized carbons (Fsp3) is 0.421. The fourth-order valence-corrected chi connectivity index (χ4v) is 3.99. The van der Waals surface area contributed by atoms with Crippen LogP contribution in [0.5, 0.6) is 0 Å². The first-order chi connectivity index (χ1) is 13.3. The molecule has 0 aliphatic rings. The number of aromatic nitrogens is 3. The molecule has 0 fully saturated rings. The van der Waals surface area contributed by atoms with Crippen LogP contribution in [0, 0.1) is 18.6 Å². The fourth-order valence-electron chi connectivity index (χ4n) is 2.96. The van der Waals surface area contributed by atoms with E-state index in [1.807, 2.05) is 32.8 Å². The van der Waals surface area contributed by atoms with Crippen LogP contribution in [-0.2, 0) is 6.54 Å². The van der Waals surface area contributed by atoms with Gasteiger partial charge in [0.1, 0.15) is 11.3 Å². The van der Waals surface area contributed by atoms with Gasteiger partial charge in [-0.2, -0.15) is 5.10 Å². The lowest BCUT2D eigenvalue weighted by Crippen LogP contribution is -2.33. The van der Waals surface area contributed by atoms with Crippen LogP contribution >= 0.6 is 23.7 Å². The van der Waals surface area contributed by atoms with Crippen LogP contribution in [0.2, 0.25) is 0 Å². The van der Waals surface area contributed by atoms with E-state index in [0.29, 0.717) is 35.0 Å². The number of anilines is 1. The maximum atomic E-state index is 14.1. The second-order valence-corrected chi connectivity index (χ2v) is 7.84. The molecule has 29 heavy (non-hydrogen) atoms. The molecule has 0 unspecified atom stereocenters. The molecule has 0 radical (unpaired) electrons. The lowest BCUT2D eigenvalue weighted by atomic mass is 10.3. The summed E-state index contributed by atoms with van der Waals surface area (Å²) in [5, 5.41) is 4.70. The topological polar surface area (TPSA) is 54.3 Å². The SMILES string of the molecule is CCn1nc(C(=O)N(CCCN(C)C)c2nc3c(F)cc(F)cc3s2)cc1C.Cl. The summed E-state index contributed by atoms with van der Waals surface area (Å²) in [5.41, 5.74) is 1.27. The molecule has 3 aromatic rings. The first-order valence-electron chi connectivity index (χ1n) is 9.06. The van der Waals surface area contributed by atoms with Gasteiger partial charge >= 0.3 is 0 Å². The zero-order chi connectivity index (χ0) is 20.4. The molecule has 0 saturated carbocycles. The number of thiazole rings is 1. The Hall–Kier alpha value is -2.10. The van der Waals surface area contributed by atoms with Crippen molar-refractivity contribution in [2.75, 3.05) is 32.1 Å². The Morgan fingerprint density at radius 3 is 2.55 bits per heavy atom. The number of amides is 1. The summed E-state index contributed by atoms with van der Waals surface area (Å²) < 4.78 is 29.8. The van der Waals surface area contributed by atoms with E-state index in [4.69, 9.17) is 0 Å². The van der Waals surface area contributed by atoms with E-state index < -0.39 is 11.6 Å². The van der Waals surface area contributed by atoms with E-state index in [1.54, 1.807) is 10.7 Å². The molecule has 0 saturated heterocycles. The summed E-state index contributed by atoms with van der Waals surface area (Å²) in [7, 11) is 3.91. The minimum absolute atomic E-state index is 0. The largest absolute Gasteiger partial charge is 0.309 e. The van der Waals surface area contributed by atoms with E-state index in [9.17, 15) is 13.6 Å². The summed E-state index contributed by atoms with van der Waals surface area (Å²) in [6, 6.07) is 3.77. The molecule has 2 heterocycles. The molecule has 6 nitrogen and oxygen atoms in total. The molecule has 0 spiro atoms. The number of hydrogen-bond acceptors (Lipinski definition) is 5. The van der Waals surface area contributed by atoms with E-state index in [2.05, 4.69) is 10.1 Å². The normalized spacial score (nSPS) is 11.1. The Morgan fingerprint density at radius 1 is 1.21 bits per heavy atom. The van der Waals surface area contributed by atoms with Crippen molar-refractivity contribution in [3.8, 4) is 0 Å². The molecule has 2 aromatic heterocycles. The summed E-state index contributed by atoms with van der Waals surface area (Å²) in [6.07, 6.45) is 0.707. The van der Waals surface area contributed by atoms with Crippen molar-refractivity contribution in [3.05, 3.63) is 41.2 Å². The molecule has 1 aromatic carbocycles. The summed E-state index contributed by atoms with van der Waals surface area (Å²) >= 11 is 1.10. The van der Waals surface area contributed by atoms with Crippen molar-refractivity contribution in [2.24, 2.45) is 0 Å². The highest BCUT2D eigenvalue weighted by molar-refractivity contribution is 7.22. The molecule has 10 heteroatoms. The van der Waals surface area contributed by atoms with Gasteiger partial charge in [0.05, 0.1) is 4.70 Å². The van der Waals surface area contributed by atoms with Crippen LogP contribution in [0.4, 0.5) is 13.9 Å². The monoisotopic (exact) mass is 443 g/mol. The average molecular weight is 444 g/mol. The van der Waals surface area contributed by atoms with Gasteiger partial charge in [0.15, 0.2) is 16.6 Å². The number of carbonyl (C=O) groups excluding carboxylic acids is 1. The first kappa shape index (κ1) is 23.2. The van der Waals surface area contributed by atoms with Gasteiger partial charge in [0.2, 0.25) is 0 Å². The number of aryl methyl sites for hydroxylation is 2. The lowest BCUT2D eigenvalue weighted by molar-refractivity contribution is 0.0980. The number of halogens is 3. The Bertz CT molecular complexity index is 1000. The van der Waals surface area contributed by atoms with Crippen molar-refractivity contribution in [1.82, 2.24) is 19.7 Å². The quantitative estimate of drug-likeness (QED) is 0.551. The van der Waals surface area contributed by atoms with Crippen LogP contribution in [0.25, 0.3) is 10.2 Å². The van der Waals surface area contributed by atoms with E-state index in [-0.39, 0.29) is 23.8 Å². The van der Waals surface area contributed by atoms with Gasteiger partial charge in [-0.1, -0.05) is 11.3 Å². The van der Waals surface area contributed by atoms with Gasteiger partial charge in [-0.3, -0.25) is 14.4 Å². The van der Waals surface area contributed by atoms with Crippen molar-refractivity contribution in [2.45, 2.75) is 26.8 Å². The zero-order valence-corrected chi connectivity index (χ0v) is 18.4. The summed E-state index contributed by atoms with van der Waals surface area (Å²) in [4.78, 5) is 21.0. The molecule has 158 valence electrons. The number of rotatable bonds is 7. The van der Waals surface area contributed by atoms with Crippen LogP contribution in [0.15, 0.2) is 18.2 Å². The lowest BCUT2D eigenvalue weighted by Gasteiger charge is -2.20. The zero-order valence-electron chi connectivity index (χ0n) is 16.8. The van der Waals surface area contributed by atoms with Crippen molar-refractivity contribution in [3.63, 3.8) is 0 Å². The highest BCUT2D eigenvalue weighted by Crippen LogP contribution is 2.32. The Labute approximate surface area is 178 Å². The number of hydrogen-bond donors (Lipinski definition) is 0. The van der Waals surface area contributed by atoms with Gasteiger partial charge in [-0.15, -0.1) is 12.4 Å². The van der Waals surface area contributed by atoms with Crippen LogP contribution in [-0.4, -0.2) is 52.8 Å². The maximum absolute atomic E-state index is 14.1. The molecule has 3 rings (SSSR count). The number of benzene rings is 1. The molecule has 0 N–H and O–H groups in total. The minimum atomic E-state index is -0.732. The van der Waals surface area contributed by atoms with Gasteiger partial charge in [0.25, 0.3) is 5.91 Å². The van der Waals surface area contributed by atoms with E-state index in [0.717, 1.165) is 29.6 Å². The van der Waals surface area contributed by atoms with Crippen LogP contribution < -0.4 is 4.90 Å². The summed E-state index contributed by atoms with van der Waals surface area (Å²) in [5.74, 6) is -1.69. The van der Waals surface area contributed by atoms with Crippen LogP contribution in [0.1, 0.15) is 29.5 Å². The Kier molecular flexibility index (Phi) is 7.67. The van der Waals surface area contributed by atoms with Crippen LogP contribution in [0.3, 0.4) is 0 Å². The van der Waals surface area contributed by atoms with E-state index >= 15 is 0 Å². The second-order valence-electron chi connectivity index (χ2n) is 6.83. The van der Waals surface area contributed by atoms with Gasteiger partial charge < -0.3 is 4.90 Å². The summed E-state index contributed by atoms with van der Waals surface area (Å²) in [6.45, 7) is 5.68. The van der Waals surface area contributed by atoms with E-state index in [1.165, 1.54) is 11.0 Å². The molecule has 1 amide bonds. The van der Waals surface area contributed by atoms with Crippen molar-refractivity contribution < 1.29 is 13.6 Å². The second kappa shape index (κ2) is 9.60. The molecule has 0 aliphatic heterocycles. The predicted octanol–water partition coefficient (Wildman–Crippen LogP) is 4.12. The third kappa shape index (κ3) is 5.09. The maximum Gasteiger partial charge on any atom is 0.280 e. The first-order valence-corrected chi connectivity index (χ1v) is 9.88. The third-order valence-electron chi connectivity index (χ3n) is 4.36. The minimum Gasteiger partial charge on any atom is -0.309 e. The Morgan fingerprint density at radius 2 is 1.93 bits per heavy atom.